The van der Waals surface area contributed by atoms with Crippen molar-refractivity contribution in [2.24, 2.45) is 0 Å². The molecular formula is C17H13NO2S. The fourth-order valence-corrected chi connectivity index (χ4v) is 3.49. The highest BCUT2D eigenvalue weighted by Crippen LogP contribution is 2.31. The van der Waals surface area contributed by atoms with Gasteiger partial charge < -0.3 is 9.52 Å². The smallest absolute Gasteiger partial charge is 0.198 e. The highest BCUT2D eigenvalue weighted by Gasteiger charge is 2.15. The second-order valence-corrected chi connectivity index (χ2v) is 6.10. The van der Waals surface area contributed by atoms with Crippen molar-refractivity contribution in [3.8, 4) is 0 Å². The molecule has 0 fully saturated rings. The van der Waals surface area contributed by atoms with E-state index >= 15 is 0 Å². The predicted molar refractivity (Wildman–Crippen MR) is 84.5 cm³/mol. The van der Waals surface area contributed by atoms with E-state index in [-0.39, 0.29) is 0 Å². The summed E-state index contributed by atoms with van der Waals surface area (Å²) >= 11 is 1.61. The van der Waals surface area contributed by atoms with Crippen LogP contribution in [0.15, 0.2) is 59.0 Å². The highest BCUT2D eigenvalue weighted by atomic mass is 32.1. The van der Waals surface area contributed by atoms with E-state index in [1.807, 2.05) is 42.5 Å². The molecule has 4 rings (SSSR count). The Kier molecular flexibility index (Phi) is 2.98. The van der Waals surface area contributed by atoms with Crippen LogP contribution in [0.2, 0.25) is 0 Å². The second kappa shape index (κ2) is 4.98. The summed E-state index contributed by atoms with van der Waals surface area (Å²) in [6.07, 6.45) is -0.197. The molecule has 0 spiro atoms. The molecule has 0 aliphatic heterocycles. The van der Waals surface area contributed by atoms with Gasteiger partial charge in [0.15, 0.2) is 11.5 Å². The van der Waals surface area contributed by atoms with E-state index in [0.717, 1.165) is 21.4 Å². The van der Waals surface area contributed by atoms with Crippen molar-refractivity contribution in [3.63, 3.8) is 0 Å². The lowest BCUT2D eigenvalue weighted by atomic mass is 10.2. The van der Waals surface area contributed by atoms with Gasteiger partial charge in [-0.3, -0.25) is 0 Å². The zero-order valence-electron chi connectivity index (χ0n) is 11.2. The molecule has 104 valence electrons. The van der Waals surface area contributed by atoms with Crippen LogP contribution in [0, 0.1) is 0 Å². The number of nitrogens with zero attached hydrogens (tertiary/aromatic N) is 1. The normalized spacial score (nSPS) is 13.0. The van der Waals surface area contributed by atoms with Crippen LogP contribution in [-0.2, 0) is 6.42 Å². The third-order valence-electron chi connectivity index (χ3n) is 3.48. The maximum Gasteiger partial charge on any atom is 0.198 e. The van der Waals surface area contributed by atoms with Crippen LogP contribution in [0.5, 0.6) is 0 Å². The summed E-state index contributed by atoms with van der Waals surface area (Å²) in [5, 5.41) is 11.6. The van der Waals surface area contributed by atoms with Gasteiger partial charge in [0.2, 0.25) is 0 Å². The van der Waals surface area contributed by atoms with Crippen molar-refractivity contribution in [2.75, 3.05) is 0 Å². The van der Waals surface area contributed by atoms with Crippen LogP contribution < -0.4 is 0 Å². The molecule has 4 heteroatoms. The number of aliphatic hydroxyl groups excluding tert-OH is 1. The molecule has 1 N–H and O–H groups in total. The minimum atomic E-state index is -0.588. The van der Waals surface area contributed by atoms with Gasteiger partial charge in [-0.05, 0) is 29.7 Å². The van der Waals surface area contributed by atoms with E-state index in [4.69, 9.17) is 4.42 Å². The summed E-state index contributed by atoms with van der Waals surface area (Å²) in [5.41, 5.74) is 1.59. The Labute approximate surface area is 125 Å². The van der Waals surface area contributed by atoms with Crippen LogP contribution in [0.4, 0.5) is 0 Å². The number of thiophene rings is 1. The number of hydrogen-bond acceptors (Lipinski definition) is 4. The van der Waals surface area contributed by atoms with Crippen molar-refractivity contribution in [1.82, 2.24) is 4.98 Å². The van der Waals surface area contributed by atoms with Crippen molar-refractivity contribution >= 4 is 32.5 Å². The molecule has 4 aromatic rings. The SMILES string of the molecule is OC(Cc1nc2ccccc2o1)c1cc2ccccc2s1. The number of hydrogen-bond donors (Lipinski definition) is 1. The first-order chi connectivity index (χ1) is 10.3. The van der Waals surface area contributed by atoms with Crippen LogP contribution in [0.25, 0.3) is 21.2 Å². The molecule has 0 saturated carbocycles. The molecule has 1 unspecified atom stereocenters. The van der Waals surface area contributed by atoms with Gasteiger partial charge in [0.1, 0.15) is 5.52 Å². The number of benzene rings is 2. The lowest BCUT2D eigenvalue weighted by Crippen LogP contribution is -1.99. The van der Waals surface area contributed by atoms with Gasteiger partial charge in [-0.15, -0.1) is 11.3 Å². The third kappa shape index (κ3) is 2.33. The van der Waals surface area contributed by atoms with E-state index in [0.29, 0.717) is 12.3 Å². The molecule has 0 bridgehead atoms. The predicted octanol–water partition coefficient (Wildman–Crippen LogP) is 4.32. The van der Waals surface area contributed by atoms with Gasteiger partial charge >= 0.3 is 0 Å². The van der Waals surface area contributed by atoms with Gasteiger partial charge in [-0.1, -0.05) is 30.3 Å². The number of aliphatic hydroxyl groups is 1. The quantitative estimate of drug-likeness (QED) is 0.612. The molecule has 2 aromatic carbocycles. The molecule has 0 saturated heterocycles. The molecule has 0 aliphatic rings. The summed E-state index contributed by atoms with van der Waals surface area (Å²) < 4.78 is 6.85. The number of fused-ring (bicyclic) bond motifs is 2. The van der Waals surface area contributed by atoms with E-state index in [1.54, 1.807) is 11.3 Å². The molecule has 2 aromatic heterocycles. The Morgan fingerprint density at radius 1 is 1.10 bits per heavy atom. The molecular weight excluding hydrogens is 282 g/mol. The maximum atomic E-state index is 10.4. The van der Waals surface area contributed by atoms with Crippen LogP contribution >= 0.6 is 11.3 Å². The summed E-state index contributed by atoms with van der Waals surface area (Å²) in [6.45, 7) is 0. The summed E-state index contributed by atoms with van der Waals surface area (Å²) in [5.74, 6) is 0.571. The first-order valence-corrected chi connectivity index (χ1v) is 7.62. The van der Waals surface area contributed by atoms with Gasteiger partial charge in [-0.2, -0.15) is 0 Å². The average molecular weight is 295 g/mol. The summed E-state index contributed by atoms with van der Waals surface area (Å²) in [6, 6.07) is 17.8. The first-order valence-electron chi connectivity index (χ1n) is 6.80. The third-order valence-corrected chi connectivity index (χ3v) is 4.70. The minimum Gasteiger partial charge on any atom is -0.441 e. The molecule has 1 atom stereocenters. The molecule has 3 nitrogen and oxygen atoms in total. The topological polar surface area (TPSA) is 46.3 Å². The van der Waals surface area contributed by atoms with Gasteiger partial charge in [0, 0.05) is 9.58 Å². The number of oxazole rings is 1. The van der Waals surface area contributed by atoms with Crippen molar-refractivity contribution in [3.05, 3.63) is 65.4 Å². The zero-order chi connectivity index (χ0) is 14.2. The fraction of sp³-hybridized carbons (Fsp3) is 0.118. The van der Waals surface area contributed by atoms with Gasteiger partial charge in [-0.25, -0.2) is 4.98 Å². The van der Waals surface area contributed by atoms with Crippen molar-refractivity contribution in [1.29, 1.82) is 0 Å². The van der Waals surface area contributed by atoms with Crippen LogP contribution in [0.1, 0.15) is 16.9 Å². The van der Waals surface area contributed by atoms with E-state index in [1.165, 1.54) is 4.70 Å². The Morgan fingerprint density at radius 3 is 2.76 bits per heavy atom. The molecule has 2 heterocycles. The Bertz CT molecular complexity index is 843. The average Bonchev–Trinajstić information content (AvgIpc) is 3.10. The monoisotopic (exact) mass is 295 g/mol. The lowest BCUT2D eigenvalue weighted by Gasteiger charge is -2.04. The Hall–Kier alpha value is -2.17. The summed E-state index contributed by atoms with van der Waals surface area (Å²) in [4.78, 5) is 5.35. The molecule has 0 aliphatic carbocycles. The number of para-hydroxylation sites is 2. The first kappa shape index (κ1) is 12.6. The van der Waals surface area contributed by atoms with Gasteiger partial charge in [0.05, 0.1) is 12.5 Å². The van der Waals surface area contributed by atoms with Gasteiger partial charge in [0.25, 0.3) is 0 Å². The Morgan fingerprint density at radius 2 is 1.90 bits per heavy atom. The highest BCUT2D eigenvalue weighted by molar-refractivity contribution is 7.19. The van der Waals surface area contributed by atoms with Crippen molar-refractivity contribution < 1.29 is 9.52 Å². The zero-order valence-corrected chi connectivity index (χ0v) is 12.0. The Balaban J connectivity index is 1.63. The molecule has 21 heavy (non-hydrogen) atoms. The van der Waals surface area contributed by atoms with E-state index in [9.17, 15) is 5.11 Å². The van der Waals surface area contributed by atoms with Crippen LogP contribution in [-0.4, -0.2) is 10.1 Å². The number of rotatable bonds is 3. The fourth-order valence-electron chi connectivity index (χ4n) is 2.44. The largest absolute Gasteiger partial charge is 0.441 e. The number of aromatic nitrogens is 1. The molecule has 0 amide bonds. The standard InChI is InChI=1S/C17H13NO2S/c19-13(16-9-11-5-1-4-8-15(11)21-16)10-17-18-12-6-2-3-7-14(12)20-17/h1-9,13,19H,10H2. The molecule has 0 radical (unpaired) electrons. The maximum absolute atomic E-state index is 10.4. The summed E-state index contributed by atoms with van der Waals surface area (Å²) in [7, 11) is 0. The van der Waals surface area contributed by atoms with Crippen LogP contribution in [0.3, 0.4) is 0 Å². The lowest BCUT2D eigenvalue weighted by molar-refractivity contribution is 0.173. The van der Waals surface area contributed by atoms with Crippen molar-refractivity contribution in [2.45, 2.75) is 12.5 Å². The van der Waals surface area contributed by atoms with E-state index in [2.05, 4.69) is 17.1 Å². The minimum absolute atomic E-state index is 0.390. The van der Waals surface area contributed by atoms with E-state index < -0.39 is 6.10 Å². The second-order valence-electron chi connectivity index (χ2n) is 4.98.